The van der Waals surface area contributed by atoms with Gasteiger partial charge in [0.05, 0.1) is 5.41 Å². The summed E-state index contributed by atoms with van der Waals surface area (Å²) in [5.74, 6) is -0.904. The molecule has 0 radical (unpaired) electrons. The van der Waals surface area contributed by atoms with Gasteiger partial charge in [-0.25, -0.2) is 4.79 Å². The third-order valence-electron chi connectivity index (χ3n) is 3.74. The molecular weight excluding hydrogens is 246 g/mol. The average Bonchev–Trinajstić information content (AvgIpc) is 2.36. The van der Waals surface area contributed by atoms with E-state index in [-0.39, 0.29) is 12.6 Å². The fourth-order valence-electron chi connectivity index (χ4n) is 2.07. The van der Waals surface area contributed by atoms with Crippen LogP contribution in [0.2, 0.25) is 0 Å². The molecule has 1 aliphatic heterocycles. The SMILES string of the molecule is CN(C)C1CCN(C(=O)NCC(C)(C)C(=O)O)CC1. The number of carbonyl (C=O) groups is 2. The van der Waals surface area contributed by atoms with Crippen LogP contribution < -0.4 is 5.32 Å². The van der Waals surface area contributed by atoms with Crippen molar-refractivity contribution in [2.24, 2.45) is 5.41 Å². The Kier molecular flexibility index (Phi) is 5.17. The lowest BCUT2D eigenvalue weighted by molar-refractivity contribution is -0.146. The van der Waals surface area contributed by atoms with Crippen LogP contribution in [0.3, 0.4) is 0 Å². The van der Waals surface area contributed by atoms with Crippen LogP contribution in [0.25, 0.3) is 0 Å². The first-order valence-corrected chi connectivity index (χ1v) is 6.66. The van der Waals surface area contributed by atoms with Gasteiger partial charge in [0, 0.05) is 25.7 Å². The molecule has 1 saturated heterocycles. The summed E-state index contributed by atoms with van der Waals surface area (Å²) in [6, 6.07) is 0.367. The van der Waals surface area contributed by atoms with Gasteiger partial charge < -0.3 is 20.2 Å². The number of aliphatic carboxylic acids is 1. The Morgan fingerprint density at radius 1 is 1.32 bits per heavy atom. The number of likely N-dealkylation sites (tertiary alicyclic amines) is 1. The molecular formula is C13H25N3O3. The number of hydrogen-bond donors (Lipinski definition) is 2. The van der Waals surface area contributed by atoms with Crippen LogP contribution in [0.1, 0.15) is 26.7 Å². The number of hydrogen-bond acceptors (Lipinski definition) is 3. The second kappa shape index (κ2) is 6.23. The minimum atomic E-state index is -0.933. The van der Waals surface area contributed by atoms with E-state index in [1.807, 2.05) is 0 Å². The number of rotatable bonds is 4. The minimum absolute atomic E-state index is 0.148. The second-order valence-electron chi connectivity index (χ2n) is 6.03. The zero-order chi connectivity index (χ0) is 14.6. The minimum Gasteiger partial charge on any atom is -0.481 e. The van der Waals surface area contributed by atoms with E-state index in [0.29, 0.717) is 6.04 Å². The lowest BCUT2D eigenvalue weighted by Crippen LogP contribution is -2.50. The maximum Gasteiger partial charge on any atom is 0.317 e. The van der Waals surface area contributed by atoms with Gasteiger partial charge in [-0.2, -0.15) is 0 Å². The van der Waals surface area contributed by atoms with Crippen molar-refractivity contribution in [2.45, 2.75) is 32.7 Å². The molecule has 1 fully saturated rings. The summed E-state index contributed by atoms with van der Waals surface area (Å²) in [6.45, 7) is 4.81. The highest BCUT2D eigenvalue weighted by molar-refractivity contribution is 5.77. The number of amides is 2. The van der Waals surface area contributed by atoms with Gasteiger partial charge in [0.15, 0.2) is 0 Å². The maximum absolute atomic E-state index is 12.0. The van der Waals surface area contributed by atoms with Gasteiger partial charge in [0.25, 0.3) is 0 Å². The summed E-state index contributed by atoms with van der Waals surface area (Å²) in [5, 5.41) is 11.7. The Bertz CT molecular complexity index is 334. The van der Waals surface area contributed by atoms with Gasteiger partial charge in [-0.3, -0.25) is 4.79 Å². The summed E-state index contributed by atoms with van der Waals surface area (Å²) >= 11 is 0. The number of urea groups is 1. The second-order valence-corrected chi connectivity index (χ2v) is 6.03. The molecule has 0 aromatic rings. The molecule has 1 aliphatic rings. The van der Waals surface area contributed by atoms with E-state index in [9.17, 15) is 9.59 Å². The van der Waals surface area contributed by atoms with Crippen molar-refractivity contribution < 1.29 is 14.7 Å². The highest BCUT2D eigenvalue weighted by Gasteiger charge is 2.29. The third-order valence-corrected chi connectivity index (χ3v) is 3.74. The van der Waals surface area contributed by atoms with Gasteiger partial charge >= 0.3 is 12.0 Å². The summed E-state index contributed by atoms with van der Waals surface area (Å²) < 4.78 is 0. The molecule has 0 aromatic carbocycles. The molecule has 0 bridgehead atoms. The van der Waals surface area contributed by atoms with Gasteiger partial charge in [0.2, 0.25) is 0 Å². The van der Waals surface area contributed by atoms with E-state index in [4.69, 9.17) is 5.11 Å². The monoisotopic (exact) mass is 271 g/mol. The third kappa shape index (κ3) is 4.38. The number of piperidine rings is 1. The van der Waals surface area contributed by atoms with Gasteiger partial charge in [-0.15, -0.1) is 0 Å². The van der Waals surface area contributed by atoms with Crippen molar-refractivity contribution in [3.8, 4) is 0 Å². The number of nitrogens with zero attached hydrogens (tertiary/aromatic N) is 2. The molecule has 1 heterocycles. The highest BCUT2D eigenvalue weighted by atomic mass is 16.4. The smallest absolute Gasteiger partial charge is 0.317 e. The standard InChI is InChI=1S/C13H25N3O3/c1-13(2,11(17)18)9-14-12(19)16-7-5-10(6-8-16)15(3)4/h10H,5-9H2,1-4H3,(H,14,19)(H,17,18). The Labute approximate surface area is 114 Å². The van der Waals surface area contributed by atoms with Gasteiger partial charge in [-0.1, -0.05) is 0 Å². The first kappa shape index (κ1) is 15.8. The van der Waals surface area contributed by atoms with Crippen LogP contribution >= 0.6 is 0 Å². The molecule has 110 valence electrons. The Hall–Kier alpha value is -1.30. The van der Waals surface area contributed by atoms with E-state index in [1.165, 1.54) is 0 Å². The quantitative estimate of drug-likeness (QED) is 0.794. The zero-order valence-electron chi connectivity index (χ0n) is 12.3. The van der Waals surface area contributed by atoms with Crippen LogP contribution in [0.4, 0.5) is 4.79 Å². The molecule has 0 unspecified atom stereocenters. The first-order chi connectivity index (χ1) is 8.74. The van der Waals surface area contributed by atoms with Crippen LogP contribution in [0.15, 0.2) is 0 Å². The average molecular weight is 271 g/mol. The number of carboxylic acid groups (broad SMARTS) is 1. The van der Waals surface area contributed by atoms with Crippen molar-refractivity contribution in [1.29, 1.82) is 0 Å². The number of carbonyl (C=O) groups excluding carboxylic acids is 1. The van der Waals surface area contributed by atoms with Crippen molar-refractivity contribution in [2.75, 3.05) is 33.7 Å². The molecule has 6 nitrogen and oxygen atoms in total. The van der Waals surface area contributed by atoms with Crippen molar-refractivity contribution in [3.63, 3.8) is 0 Å². The summed E-state index contributed by atoms with van der Waals surface area (Å²) in [6.07, 6.45) is 1.92. The largest absolute Gasteiger partial charge is 0.481 e. The lowest BCUT2D eigenvalue weighted by atomic mass is 9.94. The Morgan fingerprint density at radius 3 is 2.26 bits per heavy atom. The Morgan fingerprint density at radius 2 is 1.84 bits per heavy atom. The van der Waals surface area contributed by atoms with Crippen molar-refractivity contribution in [1.82, 2.24) is 15.1 Å². The molecule has 0 aromatic heterocycles. The van der Waals surface area contributed by atoms with Gasteiger partial charge in [0.1, 0.15) is 0 Å². The maximum atomic E-state index is 12.0. The number of carboxylic acids is 1. The van der Waals surface area contributed by atoms with Crippen molar-refractivity contribution in [3.05, 3.63) is 0 Å². The van der Waals surface area contributed by atoms with Crippen molar-refractivity contribution >= 4 is 12.0 Å². The van der Waals surface area contributed by atoms with Crippen LogP contribution in [0, 0.1) is 5.41 Å². The topological polar surface area (TPSA) is 72.9 Å². The molecule has 6 heteroatoms. The van der Waals surface area contributed by atoms with Crippen LogP contribution in [-0.2, 0) is 4.79 Å². The predicted molar refractivity (Wildman–Crippen MR) is 73.1 cm³/mol. The van der Waals surface area contributed by atoms with E-state index in [2.05, 4.69) is 24.3 Å². The molecule has 2 amide bonds. The van der Waals surface area contributed by atoms with Gasteiger partial charge in [-0.05, 0) is 40.8 Å². The fraction of sp³-hybridized carbons (Fsp3) is 0.846. The van der Waals surface area contributed by atoms with E-state index < -0.39 is 11.4 Å². The Balaban J connectivity index is 2.38. The van der Waals surface area contributed by atoms with E-state index in [1.54, 1.807) is 18.7 Å². The zero-order valence-corrected chi connectivity index (χ0v) is 12.3. The predicted octanol–water partition coefficient (Wildman–Crippen LogP) is 0.833. The highest BCUT2D eigenvalue weighted by Crippen LogP contribution is 2.16. The van der Waals surface area contributed by atoms with E-state index >= 15 is 0 Å². The molecule has 0 atom stereocenters. The normalized spacial score (nSPS) is 17.6. The summed E-state index contributed by atoms with van der Waals surface area (Å²) in [4.78, 5) is 26.9. The van der Waals surface area contributed by atoms with Crippen LogP contribution in [-0.4, -0.2) is 66.7 Å². The summed E-state index contributed by atoms with van der Waals surface area (Å²) in [5.41, 5.74) is -0.933. The molecule has 2 N–H and O–H groups in total. The molecule has 0 saturated carbocycles. The fourth-order valence-corrected chi connectivity index (χ4v) is 2.07. The molecule has 19 heavy (non-hydrogen) atoms. The molecule has 0 spiro atoms. The molecule has 0 aliphatic carbocycles. The number of nitrogens with one attached hydrogen (secondary N) is 1. The van der Waals surface area contributed by atoms with E-state index in [0.717, 1.165) is 25.9 Å². The lowest BCUT2D eigenvalue weighted by Gasteiger charge is -2.35. The first-order valence-electron chi connectivity index (χ1n) is 6.66. The molecule has 1 rings (SSSR count). The summed E-state index contributed by atoms with van der Waals surface area (Å²) in [7, 11) is 4.10. The van der Waals surface area contributed by atoms with Crippen LogP contribution in [0.5, 0.6) is 0 Å².